The molecule has 0 fully saturated rings. The van der Waals surface area contributed by atoms with Gasteiger partial charge in [0.15, 0.2) is 0 Å². The van der Waals surface area contributed by atoms with E-state index in [1.807, 2.05) is 6.92 Å². The summed E-state index contributed by atoms with van der Waals surface area (Å²) in [7, 11) is -3.51. The highest BCUT2D eigenvalue weighted by atomic mass is 32.2. The molecule has 0 saturated heterocycles. The number of sulfonamides is 1. The lowest BCUT2D eigenvalue weighted by atomic mass is 10.2. The summed E-state index contributed by atoms with van der Waals surface area (Å²) in [4.78, 5) is 0.218. The molecule has 1 aromatic rings. The average Bonchev–Trinajstić information content (AvgIpc) is 2.55. The maximum absolute atomic E-state index is 11.9. The van der Waals surface area contributed by atoms with Gasteiger partial charge in [0.1, 0.15) is 4.90 Å². The van der Waals surface area contributed by atoms with Crippen molar-refractivity contribution >= 4 is 10.0 Å². The van der Waals surface area contributed by atoms with Crippen LogP contribution in [0.1, 0.15) is 24.7 Å². The minimum Gasteiger partial charge on any atom is -0.327 e. The third-order valence-corrected chi connectivity index (χ3v) is 4.07. The lowest BCUT2D eigenvalue weighted by molar-refractivity contribution is 0.563. The number of hydrogen-bond acceptors (Lipinski definition) is 4. The fourth-order valence-electron chi connectivity index (χ4n) is 1.37. The summed E-state index contributed by atoms with van der Waals surface area (Å²) in [5.74, 6) is 0. The molecule has 16 heavy (non-hydrogen) atoms. The lowest BCUT2D eigenvalue weighted by Gasteiger charge is -2.10. The molecule has 1 aromatic heterocycles. The second kappa shape index (κ2) is 4.94. The first-order chi connectivity index (χ1) is 7.38. The number of nitrogens with two attached hydrogens (primary N) is 1. The molecule has 0 saturated carbocycles. The third-order valence-electron chi connectivity index (χ3n) is 2.39. The highest BCUT2D eigenvalue weighted by Gasteiger charge is 2.22. The van der Waals surface area contributed by atoms with Gasteiger partial charge in [-0.25, -0.2) is 13.1 Å². The van der Waals surface area contributed by atoms with Crippen molar-refractivity contribution in [1.82, 2.24) is 14.9 Å². The average molecular weight is 246 g/mol. The van der Waals surface area contributed by atoms with E-state index in [-0.39, 0.29) is 17.5 Å². The molecule has 0 amide bonds. The van der Waals surface area contributed by atoms with Crippen LogP contribution in [0.15, 0.2) is 4.90 Å². The fraction of sp³-hybridized carbons (Fsp3) is 0.667. The molecular formula is C9H18N4O2S. The normalized spacial score (nSPS) is 14.0. The van der Waals surface area contributed by atoms with E-state index in [9.17, 15) is 8.42 Å². The maximum atomic E-state index is 11.9. The zero-order valence-corrected chi connectivity index (χ0v) is 10.6. The van der Waals surface area contributed by atoms with Crippen molar-refractivity contribution in [2.45, 2.75) is 38.1 Å². The number of hydrogen-bond donors (Lipinski definition) is 3. The number of nitrogens with zero attached hydrogens (tertiary/aromatic N) is 1. The maximum Gasteiger partial charge on any atom is 0.244 e. The Balaban J connectivity index is 2.87. The Labute approximate surface area is 95.7 Å². The summed E-state index contributed by atoms with van der Waals surface area (Å²) < 4.78 is 26.3. The molecule has 7 heteroatoms. The quantitative estimate of drug-likeness (QED) is 0.683. The van der Waals surface area contributed by atoms with Crippen LogP contribution in [0.25, 0.3) is 0 Å². The monoisotopic (exact) mass is 246 g/mol. The molecular weight excluding hydrogens is 228 g/mol. The van der Waals surface area contributed by atoms with Crippen LogP contribution >= 0.6 is 0 Å². The summed E-state index contributed by atoms with van der Waals surface area (Å²) in [6, 6.07) is -0.165. The number of H-pyrrole nitrogens is 1. The van der Waals surface area contributed by atoms with Crippen LogP contribution in [0.4, 0.5) is 0 Å². The summed E-state index contributed by atoms with van der Waals surface area (Å²) >= 11 is 0. The number of nitrogens with one attached hydrogen (secondary N) is 2. The Morgan fingerprint density at radius 2 is 2.12 bits per heavy atom. The Morgan fingerprint density at radius 3 is 2.56 bits per heavy atom. The van der Waals surface area contributed by atoms with Gasteiger partial charge in [-0.2, -0.15) is 5.10 Å². The minimum atomic E-state index is -3.51. The van der Waals surface area contributed by atoms with Gasteiger partial charge in [-0.15, -0.1) is 0 Å². The van der Waals surface area contributed by atoms with Crippen LogP contribution in [0, 0.1) is 13.8 Å². The van der Waals surface area contributed by atoms with Crippen molar-refractivity contribution in [3.8, 4) is 0 Å². The molecule has 0 aliphatic heterocycles. The summed E-state index contributed by atoms with van der Waals surface area (Å²) in [5, 5.41) is 6.50. The molecule has 1 atom stereocenters. The van der Waals surface area contributed by atoms with Crippen LogP contribution in [0.3, 0.4) is 0 Å². The predicted molar refractivity (Wildman–Crippen MR) is 61.5 cm³/mol. The SMILES string of the molecule is CCC(N)CNS(=O)(=O)c1c(C)n[nH]c1C. The zero-order chi connectivity index (χ0) is 12.3. The summed E-state index contributed by atoms with van der Waals surface area (Å²) in [6.45, 7) is 5.47. The molecule has 1 rings (SSSR count). The van der Waals surface area contributed by atoms with E-state index in [1.165, 1.54) is 0 Å². The van der Waals surface area contributed by atoms with E-state index in [4.69, 9.17) is 5.73 Å². The van der Waals surface area contributed by atoms with E-state index in [0.29, 0.717) is 11.4 Å². The van der Waals surface area contributed by atoms with Crippen molar-refractivity contribution in [1.29, 1.82) is 0 Å². The summed E-state index contributed by atoms with van der Waals surface area (Å²) in [5.41, 5.74) is 6.66. The highest BCUT2D eigenvalue weighted by Crippen LogP contribution is 2.15. The van der Waals surface area contributed by atoms with Crippen molar-refractivity contribution < 1.29 is 8.42 Å². The molecule has 4 N–H and O–H groups in total. The number of aryl methyl sites for hydroxylation is 2. The first-order valence-electron chi connectivity index (χ1n) is 5.15. The standard InChI is InChI=1S/C9H18N4O2S/c1-4-8(10)5-11-16(14,15)9-6(2)12-13-7(9)3/h8,11H,4-5,10H2,1-3H3,(H,12,13). The topological polar surface area (TPSA) is 101 Å². The zero-order valence-electron chi connectivity index (χ0n) is 9.74. The van der Waals surface area contributed by atoms with Gasteiger partial charge in [-0.05, 0) is 20.3 Å². The van der Waals surface area contributed by atoms with E-state index < -0.39 is 10.0 Å². The van der Waals surface area contributed by atoms with Gasteiger partial charge >= 0.3 is 0 Å². The van der Waals surface area contributed by atoms with E-state index in [2.05, 4.69) is 14.9 Å². The molecule has 0 aliphatic rings. The molecule has 1 heterocycles. The Kier molecular flexibility index (Phi) is 4.06. The highest BCUT2D eigenvalue weighted by molar-refractivity contribution is 7.89. The van der Waals surface area contributed by atoms with Crippen molar-refractivity contribution in [3.63, 3.8) is 0 Å². The van der Waals surface area contributed by atoms with Crippen molar-refractivity contribution in [2.24, 2.45) is 5.73 Å². The van der Waals surface area contributed by atoms with E-state index >= 15 is 0 Å². The minimum absolute atomic E-state index is 0.165. The third kappa shape index (κ3) is 2.81. The second-order valence-corrected chi connectivity index (χ2v) is 5.49. The Morgan fingerprint density at radius 1 is 1.50 bits per heavy atom. The van der Waals surface area contributed by atoms with E-state index in [0.717, 1.165) is 6.42 Å². The molecule has 0 aliphatic carbocycles. The van der Waals surface area contributed by atoms with Crippen LogP contribution in [-0.4, -0.2) is 31.2 Å². The summed E-state index contributed by atoms with van der Waals surface area (Å²) in [6.07, 6.45) is 0.728. The van der Waals surface area contributed by atoms with Crippen LogP contribution in [0.5, 0.6) is 0 Å². The second-order valence-electron chi connectivity index (χ2n) is 3.78. The molecule has 0 spiro atoms. The number of aromatic amines is 1. The molecule has 92 valence electrons. The fourth-order valence-corrected chi connectivity index (χ4v) is 2.83. The van der Waals surface area contributed by atoms with Gasteiger partial charge in [0.25, 0.3) is 0 Å². The Bertz CT molecular complexity index is 433. The molecule has 0 bridgehead atoms. The first kappa shape index (κ1) is 13.1. The van der Waals surface area contributed by atoms with Gasteiger partial charge < -0.3 is 5.73 Å². The lowest BCUT2D eigenvalue weighted by Crippen LogP contribution is -2.37. The number of aromatic nitrogens is 2. The van der Waals surface area contributed by atoms with Crippen LogP contribution in [0.2, 0.25) is 0 Å². The smallest absolute Gasteiger partial charge is 0.244 e. The van der Waals surface area contributed by atoms with Crippen molar-refractivity contribution in [3.05, 3.63) is 11.4 Å². The predicted octanol–water partition coefficient (Wildman–Crippen LogP) is 0.0421. The Hall–Kier alpha value is -0.920. The van der Waals surface area contributed by atoms with Gasteiger partial charge in [0.05, 0.1) is 11.4 Å². The largest absolute Gasteiger partial charge is 0.327 e. The van der Waals surface area contributed by atoms with Crippen LogP contribution in [-0.2, 0) is 10.0 Å². The van der Waals surface area contributed by atoms with Crippen LogP contribution < -0.4 is 10.5 Å². The van der Waals surface area contributed by atoms with Gasteiger partial charge in [0.2, 0.25) is 10.0 Å². The molecule has 0 aromatic carbocycles. The van der Waals surface area contributed by atoms with E-state index in [1.54, 1.807) is 13.8 Å². The molecule has 1 unspecified atom stereocenters. The van der Waals surface area contributed by atoms with Gasteiger partial charge in [-0.3, -0.25) is 5.10 Å². The molecule has 0 radical (unpaired) electrons. The van der Waals surface area contributed by atoms with Crippen molar-refractivity contribution in [2.75, 3.05) is 6.54 Å². The number of rotatable bonds is 5. The molecule has 6 nitrogen and oxygen atoms in total. The van der Waals surface area contributed by atoms with Gasteiger partial charge in [-0.1, -0.05) is 6.92 Å². The first-order valence-corrected chi connectivity index (χ1v) is 6.63. The van der Waals surface area contributed by atoms with Gasteiger partial charge in [0, 0.05) is 12.6 Å².